The summed E-state index contributed by atoms with van der Waals surface area (Å²) < 4.78 is 5.32. The van der Waals surface area contributed by atoms with Gasteiger partial charge in [0.25, 0.3) is 0 Å². The van der Waals surface area contributed by atoms with Crippen LogP contribution in [0.25, 0.3) is 11.1 Å². The van der Waals surface area contributed by atoms with Crippen molar-refractivity contribution in [3.05, 3.63) is 29.7 Å². The van der Waals surface area contributed by atoms with E-state index in [2.05, 4.69) is 20.9 Å². The molecule has 1 heterocycles. The van der Waals surface area contributed by atoms with Crippen molar-refractivity contribution in [2.24, 2.45) is 0 Å². The summed E-state index contributed by atoms with van der Waals surface area (Å²) in [5, 5.41) is 19.7. The lowest BCUT2D eigenvalue weighted by atomic mass is 10.1. The summed E-state index contributed by atoms with van der Waals surface area (Å²) in [4.78, 5) is 4.17. The van der Waals surface area contributed by atoms with Crippen molar-refractivity contribution in [3.63, 3.8) is 0 Å². The number of aliphatic hydroxyl groups is 2. The van der Waals surface area contributed by atoms with Crippen LogP contribution < -0.4 is 0 Å². The van der Waals surface area contributed by atoms with Gasteiger partial charge in [0.2, 0.25) is 0 Å². The van der Waals surface area contributed by atoms with Gasteiger partial charge in [0.05, 0.1) is 6.10 Å². The first kappa shape index (κ1) is 11.6. The molecule has 0 aliphatic rings. The molecular formula is C11H12BrNO3. The van der Waals surface area contributed by atoms with Gasteiger partial charge in [-0.05, 0) is 17.7 Å². The molecule has 0 fully saturated rings. The largest absolute Gasteiger partial charge is 0.441 e. The molecule has 2 rings (SSSR count). The second kappa shape index (κ2) is 4.53. The van der Waals surface area contributed by atoms with E-state index in [4.69, 9.17) is 4.42 Å². The van der Waals surface area contributed by atoms with Gasteiger partial charge in [-0.15, -0.1) is 0 Å². The molecule has 5 heteroatoms. The minimum atomic E-state index is -0.916. The Labute approximate surface area is 101 Å². The van der Waals surface area contributed by atoms with Gasteiger partial charge in [-0.3, -0.25) is 0 Å². The summed E-state index contributed by atoms with van der Waals surface area (Å²) in [6.45, 7) is 1.77. The summed E-state index contributed by atoms with van der Waals surface area (Å²) in [5.74, 6) is 0.586. The number of halogens is 1. The molecule has 1 aromatic carbocycles. The quantitative estimate of drug-likeness (QED) is 0.846. The number of aromatic nitrogens is 1. The third kappa shape index (κ3) is 2.11. The number of alkyl halides is 1. The molecule has 0 amide bonds. The summed E-state index contributed by atoms with van der Waals surface area (Å²) in [7, 11) is 0. The monoisotopic (exact) mass is 285 g/mol. The Balaban J connectivity index is 2.38. The van der Waals surface area contributed by atoms with Gasteiger partial charge in [-0.2, -0.15) is 0 Å². The van der Waals surface area contributed by atoms with Crippen LogP contribution in [0.1, 0.15) is 17.6 Å². The highest BCUT2D eigenvalue weighted by atomic mass is 79.9. The number of aliphatic hydroxyl groups excluding tert-OH is 2. The molecular weight excluding hydrogens is 274 g/mol. The summed E-state index contributed by atoms with van der Waals surface area (Å²) in [6.07, 6.45) is -1.74. The first-order chi connectivity index (χ1) is 7.61. The predicted octanol–water partition coefficient (Wildman–Crippen LogP) is 1.93. The fraction of sp³-hybridized carbons (Fsp3) is 0.364. The number of oxazole rings is 1. The molecule has 2 N–H and O–H groups in total. The van der Waals surface area contributed by atoms with Crippen molar-refractivity contribution in [1.82, 2.24) is 4.98 Å². The maximum Gasteiger partial charge on any atom is 0.192 e. The second-order valence-electron chi connectivity index (χ2n) is 3.63. The molecule has 4 nitrogen and oxygen atoms in total. The van der Waals surface area contributed by atoms with E-state index in [-0.39, 0.29) is 0 Å². The number of hydrogen-bond acceptors (Lipinski definition) is 4. The third-order valence-electron chi connectivity index (χ3n) is 2.38. The van der Waals surface area contributed by atoms with Crippen LogP contribution in [-0.4, -0.2) is 26.6 Å². The molecule has 0 aliphatic heterocycles. The molecule has 86 valence electrons. The zero-order valence-corrected chi connectivity index (χ0v) is 10.3. The van der Waals surface area contributed by atoms with E-state index in [0.717, 1.165) is 0 Å². The van der Waals surface area contributed by atoms with Crippen molar-refractivity contribution < 1.29 is 14.6 Å². The van der Waals surface area contributed by atoms with Crippen molar-refractivity contribution in [2.45, 2.75) is 19.1 Å². The van der Waals surface area contributed by atoms with Gasteiger partial charge in [-0.1, -0.05) is 22.0 Å². The Morgan fingerprint density at radius 2 is 2.19 bits per heavy atom. The Bertz CT molecular complexity index is 497. The number of nitrogens with zero attached hydrogens (tertiary/aromatic N) is 1. The van der Waals surface area contributed by atoms with E-state index >= 15 is 0 Å². The summed E-state index contributed by atoms with van der Waals surface area (Å²) in [6, 6.07) is 5.20. The van der Waals surface area contributed by atoms with E-state index in [1.807, 2.05) is 0 Å². The van der Waals surface area contributed by atoms with Crippen molar-refractivity contribution in [1.29, 1.82) is 0 Å². The molecule has 0 spiro atoms. The maximum absolute atomic E-state index is 9.82. The van der Waals surface area contributed by atoms with E-state index in [1.54, 1.807) is 25.1 Å². The van der Waals surface area contributed by atoms with Crippen LogP contribution in [0.3, 0.4) is 0 Å². The van der Waals surface area contributed by atoms with Gasteiger partial charge in [-0.25, -0.2) is 4.98 Å². The van der Waals surface area contributed by atoms with Crippen molar-refractivity contribution in [2.75, 3.05) is 5.33 Å². The molecule has 0 bridgehead atoms. The van der Waals surface area contributed by atoms with Crippen molar-refractivity contribution >= 4 is 27.0 Å². The van der Waals surface area contributed by atoms with Gasteiger partial charge in [0.15, 0.2) is 11.5 Å². The predicted molar refractivity (Wildman–Crippen MR) is 63.5 cm³/mol. The minimum absolute atomic E-state index is 0.323. The SMILES string of the molecule is Cc1nc2cc(C(O)C(O)CBr)ccc2o1. The molecule has 0 saturated heterocycles. The van der Waals surface area contributed by atoms with Gasteiger partial charge < -0.3 is 14.6 Å². The highest BCUT2D eigenvalue weighted by Gasteiger charge is 2.18. The fourth-order valence-corrected chi connectivity index (χ4v) is 1.90. The lowest BCUT2D eigenvalue weighted by molar-refractivity contribution is 0.0343. The van der Waals surface area contributed by atoms with E-state index < -0.39 is 12.2 Å². The topological polar surface area (TPSA) is 66.5 Å². The van der Waals surface area contributed by atoms with E-state index in [9.17, 15) is 10.2 Å². The van der Waals surface area contributed by atoms with Crippen LogP contribution in [0, 0.1) is 6.92 Å². The Kier molecular flexibility index (Phi) is 3.28. The molecule has 0 radical (unpaired) electrons. The fourth-order valence-electron chi connectivity index (χ4n) is 1.55. The zero-order chi connectivity index (χ0) is 11.7. The number of fused-ring (bicyclic) bond motifs is 1. The second-order valence-corrected chi connectivity index (χ2v) is 4.27. The first-order valence-corrected chi connectivity index (χ1v) is 6.03. The zero-order valence-electron chi connectivity index (χ0n) is 8.72. The Morgan fingerprint density at radius 3 is 2.88 bits per heavy atom. The Morgan fingerprint density at radius 1 is 1.44 bits per heavy atom. The molecule has 0 aliphatic carbocycles. The average molecular weight is 286 g/mol. The normalized spacial score (nSPS) is 15.2. The molecule has 16 heavy (non-hydrogen) atoms. The molecule has 0 saturated carbocycles. The summed E-state index contributed by atoms with van der Waals surface area (Å²) >= 11 is 3.12. The number of hydrogen-bond donors (Lipinski definition) is 2. The van der Waals surface area contributed by atoms with Gasteiger partial charge >= 0.3 is 0 Å². The van der Waals surface area contributed by atoms with E-state index in [1.165, 1.54) is 0 Å². The number of aryl methyl sites for hydroxylation is 1. The summed E-state index contributed by atoms with van der Waals surface area (Å²) in [5.41, 5.74) is 2.00. The number of rotatable bonds is 3. The number of benzene rings is 1. The lowest BCUT2D eigenvalue weighted by Crippen LogP contribution is -2.19. The standard InChI is InChI=1S/C11H12BrNO3/c1-6-13-8-4-7(2-3-10(8)16-6)11(15)9(14)5-12/h2-4,9,11,14-15H,5H2,1H3. The molecule has 2 atom stereocenters. The highest BCUT2D eigenvalue weighted by molar-refractivity contribution is 9.09. The third-order valence-corrected chi connectivity index (χ3v) is 3.05. The van der Waals surface area contributed by atoms with Crippen LogP contribution in [0.4, 0.5) is 0 Å². The molecule has 2 aromatic rings. The van der Waals surface area contributed by atoms with Crippen LogP contribution in [-0.2, 0) is 0 Å². The van der Waals surface area contributed by atoms with Crippen LogP contribution >= 0.6 is 15.9 Å². The van der Waals surface area contributed by atoms with Crippen LogP contribution in [0.15, 0.2) is 22.6 Å². The molecule has 2 unspecified atom stereocenters. The minimum Gasteiger partial charge on any atom is -0.441 e. The Hall–Kier alpha value is -0.910. The van der Waals surface area contributed by atoms with Crippen LogP contribution in [0.2, 0.25) is 0 Å². The van der Waals surface area contributed by atoms with E-state index in [0.29, 0.717) is 27.9 Å². The highest BCUT2D eigenvalue weighted by Crippen LogP contribution is 2.23. The maximum atomic E-state index is 9.82. The van der Waals surface area contributed by atoms with Gasteiger partial charge in [0, 0.05) is 12.3 Å². The smallest absolute Gasteiger partial charge is 0.192 e. The lowest BCUT2D eigenvalue weighted by Gasteiger charge is -2.15. The van der Waals surface area contributed by atoms with Gasteiger partial charge in [0.1, 0.15) is 11.6 Å². The first-order valence-electron chi connectivity index (χ1n) is 4.91. The molecule has 1 aromatic heterocycles. The van der Waals surface area contributed by atoms with Crippen LogP contribution in [0.5, 0.6) is 0 Å². The van der Waals surface area contributed by atoms with Crippen molar-refractivity contribution in [3.8, 4) is 0 Å². The average Bonchev–Trinajstić information content (AvgIpc) is 2.65.